The van der Waals surface area contributed by atoms with Gasteiger partial charge in [-0.2, -0.15) is 0 Å². The van der Waals surface area contributed by atoms with E-state index in [4.69, 9.17) is 0 Å². The molecule has 22 heavy (non-hydrogen) atoms. The summed E-state index contributed by atoms with van der Waals surface area (Å²) in [7, 11) is 0. The fourth-order valence-electron chi connectivity index (χ4n) is 2.75. The van der Waals surface area contributed by atoms with E-state index in [2.05, 4.69) is 5.32 Å². The van der Waals surface area contributed by atoms with Crippen LogP contribution in [0.4, 0.5) is 25.0 Å². The summed E-state index contributed by atoms with van der Waals surface area (Å²) in [5, 5.41) is 2.75. The van der Waals surface area contributed by atoms with Gasteiger partial charge in [-0.25, -0.2) is 13.6 Å². The second-order valence-electron chi connectivity index (χ2n) is 5.47. The van der Waals surface area contributed by atoms with Gasteiger partial charge in [0, 0.05) is 17.4 Å². The van der Waals surface area contributed by atoms with Crippen molar-refractivity contribution in [3.05, 3.63) is 59.7 Å². The van der Waals surface area contributed by atoms with Gasteiger partial charge in [-0.15, -0.1) is 0 Å². The summed E-state index contributed by atoms with van der Waals surface area (Å²) in [6.45, 7) is 1.95. The summed E-state index contributed by atoms with van der Waals surface area (Å²) >= 11 is 0. The van der Waals surface area contributed by atoms with E-state index >= 15 is 0 Å². The SMILES string of the molecule is C[C@@H]1CCc2cc(F)ccc2N1C(=O)Nc1ccc(F)cc1. The Labute approximate surface area is 127 Å². The van der Waals surface area contributed by atoms with Crippen LogP contribution in [0.2, 0.25) is 0 Å². The fourth-order valence-corrected chi connectivity index (χ4v) is 2.75. The van der Waals surface area contributed by atoms with E-state index in [0.717, 1.165) is 24.1 Å². The number of rotatable bonds is 1. The van der Waals surface area contributed by atoms with Gasteiger partial charge in [0.25, 0.3) is 0 Å². The van der Waals surface area contributed by atoms with Gasteiger partial charge in [-0.1, -0.05) is 0 Å². The van der Waals surface area contributed by atoms with Crippen molar-refractivity contribution in [1.82, 2.24) is 0 Å². The number of carbonyl (C=O) groups excluding carboxylic acids is 1. The highest BCUT2D eigenvalue weighted by atomic mass is 19.1. The lowest BCUT2D eigenvalue weighted by molar-refractivity contribution is 0.254. The van der Waals surface area contributed by atoms with Gasteiger partial charge in [0.2, 0.25) is 0 Å². The number of nitrogens with one attached hydrogen (secondary N) is 1. The molecule has 1 N–H and O–H groups in total. The standard InChI is InChI=1S/C17H16F2N2O/c1-11-2-3-12-10-14(19)6-9-16(12)21(11)17(22)20-15-7-4-13(18)5-8-15/h4-11H,2-3H2,1H3,(H,20,22)/t11-/m1/s1. The molecule has 0 aliphatic carbocycles. The Kier molecular flexibility index (Phi) is 3.79. The molecular weight excluding hydrogens is 286 g/mol. The maximum absolute atomic E-state index is 13.4. The van der Waals surface area contributed by atoms with Crippen LogP contribution in [-0.2, 0) is 6.42 Å². The Balaban J connectivity index is 1.87. The average molecular weight is 302 g/mol. The molecule has 1 atom stereocenters. The van der Waals surface area contributed by atoms with Crippen LogP contribution >= 0.6 is 0 Å². The van der Waals surface area contributed by atoms with Crippen molar-refractivity contribution in [1.29, 1.82) is 0 Å². The molecule has 0 spiro atoms. The first kappa shape index (κ1) is 14.5. The van der Waals surface area contributed by atoms with E-state index in [-0.39, 0.29) is 23.7 Å². The molecule has 0 radical (unpaired) electrons. The largest absolute Gasteiger partial charge is 0.326 e. The molecule has 3 nitrogen and oxygen atoms in total. The number of hydrogen-bond donors (Lipinski definition) is 1. The molecule has 2 amide bonds. The number of carbonyl (C=O) groups is 1. The van der Waals surface area contributed by atoms with E-state index in [0.29, 0.717) is 5.69 Å². The maximum atomic E-state index is 13.4. The minimum atomic E-state index is -0.356. The third-order valence-corrected chi connectivity index (χ3v) is 3.89. The van der Waals surface area contributed by atoms with E-state index in [1.807, 2.05) is 6.92 Å². The van der Waals surface area contributed by atoms with Gasteiger partial charge in [0.1, 0.15) is 11.6 Å². The number of amides is 2. The van der Waals surface area contributed by atoms with E-state index < -0.39 is 0 Å². The second-order valence-corrected chi connectivity index (χ2v) is 5.47. The van der Waals surface area contributed by atoms with Gasteiger partial charge >= 0.3 is 6.03 Å². The predicted octanol–water partition coefficient (Wildman–Crippen LogP) is 4.34. The molecule has 0 saturated heterocycles. The molecule has 0 bridgehead atoms. The summed E-state index contributed by atoms with van der Waals surface area (Å²) in [5.74, 6) is -0.655. The highest BCUT2D eigenvalue weighted by molar-refractivity contribution is 6.02. The summed E-state index contributed by atoms with van der Waals surface area (Å²) in [4.78, 5) is 14.2. The molecule has 114 valence electrons. The first-order valence-electron chi connectivity index (χ1n) is 7.19. The van der Waals surface area contributed by atoms with Crippen LogP contribution in [0, 0.1) is 11.6 Å². The van der Waals surface area contributed by atoms with Crippen LogP contribution in [-0.4, -0.2) is 12.1 Å². The van der Waals surface area contributed by atoms with Gasteiger partial charge in [0.15, 0.2) is 0 Å². The van der Waals surface area contributed by atoms with Crippen molar-refractivity contribution in [3.63, 3.8) is 0 Å². The molecule has 2 aromatic rings. The molecule has 1 heterocycles. The summed E-state index contributed by atoms with van der Waals surface area (Å²) in [6, 6.07) is 9.77. The molecule has 3 rings (SSSR count). The summed E-state index contributed by atoms with van der Waals surface area (Å²) in [5.41, 5.74) is 2.07. The zero-order chi connectivity index (χ0) is 15.7. The Bertz CT molecular complexity index is 700. The number of urea groups is 1. The Morgan fingerprint density at radius 1 is 1.14 bits per heavy atom. The monoisotopic (exact) mass is 302 g/mol. The van der Waals surface area contributed by atoms with Crippen molar-refractivity contribution in [2.75, 3.05) is 10.2 Å². The number of anilines is 2. The molecule has 0 unspecified atom stereocenters. The number of nitrogens with zero attached hydrogens (tertiary/aromatic N) is 1. The van der Waals surface area contributed by atoms with Crippen LogP contribution in [0.3, 0.4) is 0 Å². The van der Waals surface area contributed by atoms with Crippen LogP contribution in [0.5, 0.6) is 0 Å². The lowest BCUT2D eigenvalue weighted by Crippen LogP contribution is -2.44. The number of benzene rings is 2. The number of fused-ring (bicyclic) bond motifs is 1. The highest BCUT2D eigenvalue weighted by Gasteiger charge is 2.28. The summed E-state index contributed by atoms with van der Waals surface area (Å²) in [6.07, 6.45) is 1.52. The molecule has 0 aromatic heterocycles. The van der Waals surface area contributed by atoms with Gasteiger partial charge < -0.3 is 5.32 Å². The van der Waals surface area contributed by atoms with Gasteiger partial charge in [-0.3, -0.25) is 4.90 Å². The third-order valence-electron chi connectivity index (χ3n) is 3.89. The van der Waals surface area contributed by atoms with Crippen molar-refractivity contribution in [2.24, 2.45) is 0 Å². The molecule has 1 aliphatic heterocycles. The van der Waals surface area contributed by atoms with Crippen molar-refractivity contribution in [3.8, 4) is 0 Å². The third kappa shape index (κ3) is 2.79. The molecule has 0 fully saturated rings. The van der Waals surface area contributed by atoms with E-state index in [1.165, 1.54) is 36.4 Å². The first-order valence-corrected chi connectivity index (χ1v) is 7.19. The number of hydrogen-bond acceptors (Lipinski definition) is 1. The van der Waals surface area contributed by atoms with E-state index in [1.54, 1.807) is 11.0 Å². The zero-order valence-corrected chi connectivity index (χ0v) is 12.1. The van der Waals surface area contributed by atoms with Crippen molar-refractivity contribution in [2.45, 2.75) is 25.8 Å². The fraction of sp³-hybridized carbons (Fsp3) is 0.235. The molecular formula is C17H16F2N2O. The topological polar surface area (TPSA) is 32.3 Å². The summed E-state index contributed by atoms with van der Waals surface area (Å²) < 4.78 is 26.3. The molecule has 0 saturated carbocycles. The molecule has 1 aliphatic rings. The zero-order valence-electron chi connectivity index (χ0n) is 12.1. The smallest absolute Gasteiger partial charge is 0.308 e. The lowest BCUT2D eigenvalue weighted by Gasteiger charge is -2.35. The van der Waals surface area contributed by atoms with Crippen LogP contribution < -0.4 is 10.2 Å². The van der Waals surface area contributed by atoms with Crippen LogP contribution in [0.1, 0.15) is 18.9 Å². The van der Waals surface area contributed by atoms with Gasteiger partial charge in [0.05, 0.1) is 0 Å². The minimum Gasteiger partial charge on any atom is -0.308 e. The van der Waals surface area contributed by atoms with Crippen molar-refractivity contribution < 1.29 is 13.6 Å². The van der Waals surface area contributed by atoms with Gasteiger partial charge in [-0.05, 0) is 67.8 Å². The lowest BCUT2D eigenvalue weighted by atomic mass is 9.97. The highest BCUT2D eigenvalue weighted by Crippen LogP contribution is 2.31. The van der Waals surface area contributed by atoms with Crippen molar-refractivity contribution >= 4 is 17.4 Å². The Morgan fingerprint density at radius 2 is 1.82 bits per heavy atom. The van der Waals surface area contributed by atoms with Crippen LogP contribution in [0.25, 0.3) is 0 Å². The Morgan fingerprint density at radius 3 is 2.55 bits per heavy atom. The number of halogens is 2. The van der Waals surface area contributed by atoms with Crippen LogP contribution in [0.15, 0.2) is 42.5 Å². The number of aryl methyl sites for hydroxylation is 1. The molecule has 5 heteroatoms. The predicted molar refractivity (Wildman–Crippen MR) is 82.1 cm³/mol. The average Bonchev–Trinajstić information content (AvgIpc) is 2.49. The first-order chi connectivity index (χ1) is 10.5. The second kappa shape index (κ2) is 5.75. The normalized spacial score (nSPS) is 17.0. The maximum Gasteiger partial charge on any atom is 0.326 e. The Hall–Kier alpha value is -2.43. The molecule has 2 aromatic carbocycles. The quantitative estimate of drug-likeness (QED) is 0.835. The minimum absolute atomic E-state index is 0.0124. The van der Waals surface area contributed by atoms with E-state index in [9.17, 15) is 13.6 Å².